The van der Waals surface area contributed by atoms with Crippen molar-refractivity contribution in [1.82, 2.24) is 20.2 Å². The molecule has 0 radical (unpaired) electrons. The van der Waals surface area contributed by atoms with Gasteiger partial charge in [0.2, 0.25) is 5.28 Å². The largest absolute Gasteiger partial charge is 0.368 e. The summed E-state index contributed by atoms with van der Waals surface area (Å²) in [6, 6.07) is 0. The van der Waals surface area contributed by atoms with Gasteiger partial charge >= 0.3 is 0 Å². The van der Waals surface area contributed by atoms with Gasteiger partial charge in [0.1, 0.15) is 5.82 Å². The lowest BCUT2D eigenvalue weighted by atomic mass is 10.3. The third kappa shape index (κ3) is 2.07. The van der Waals surface area contributed by atoms with E-state index in [2.05, 4.69) is 31.7 Å². The SMILES string of the molecule is CSC1(CNc2nc(Cl)nc3[nH]ncc23)CC1. The lowest BCUT2D eigenvalue weighted by Gasteiger charge is -2.13. The van der Waals surface area contributed by atoms with Crippen molar-refractivity contribution in [3.8, 4) is 0 Å². The van der Waals surface area contributed by atoms with Gasteiger partial charge in [-0.3, -0.25) is 5.10 Å². The second-order valence-electron chi connectivity index (χ2n) is 4.21. The molecule has 1 aliphatic carbocycles. The van der Waals surface area contributed by atoms with Crippen LogP contribution in [0.4, 0.5) is 5.82 Å². The third-order valence-electron chi connectivity index (χ3n) is 3.10. The van der Waals surface area contributed by atoms with Crippen LogP contribution in [0.2, 0.25) is 5.28 Å². The molecule has 90 valence electrons. The highest BCUT2D eigenvalue weighted by atomic mass is 35.5. The summed E-state index contributed by atoms with van der Waals surface area (Å²) in [7, 11) is 0. The van der Waals surface area contributed by atoms with Crippen molar-refractivity contribution in [3.05, 3.63) is 11.5 Å². The van der Waals surface area contributed by atoms with E-state index < -0.39 is 0 Å². The zero-order valence-corrected chi connectivity index (χ0v) is 10.9. The van der Waals surface area contributed by atoms with Crippen LogP contribution in [-0.4, -0.2) is 37.7 Å². The molecule has 0 atom stereocenters. The second-order valence-corrected chi connectivity index (χ2v) is 5.83. The Balaban J connectivity index is 1.86. The number of fused-ring (bicyclic) bond motifs is 1. The number of anilines is 1. The standard InChI is InChI=1S/C10H12ClN5S/c1-17-10(2-3-10)5-12-7-6-4-13-16-8(6)15-9(11)14-7/h4H,2-3,5H2,1H3,(H2,12,13,14,15,16). The Morgan fingerprint density at radius 2 is 2.35 bits per heavy atom. The molecule has 2 aromatic rings. The Bertz CT molecular complexity index is 551. The molecule has 7 heteroatoms. The average Bonchev–Trinajstić information content (AvgIpc) is 2.96. The number of thioether (sulfide) groups is 1. The molecule has 1 fully saturated rings. The first-order valence-electron chi connectivity index (χ1n) is 5.38. The molecule has 0 amide bonds. The number of aromatic nitrogens is 4. The number of H-pyrrole nitrogens is 1. The maximum atomic E-state index is 5.87. The summed E-state index contributed by atoms with van der Waals surface area (Å²) in [4.78, 5) is 8.28. The fourth-order valence-electron chi connectivity index (χ4n) is 1.78. The zero-order valence-electron chi connectivity index (χ0n) is 9.33. The number of aromatic amines is 1. The molecule has 0 aromatic carbocycles. The van der Waals surface area contributed by atoms with Gasteiger partial charge in [-0.05, 0) is 30.7 Å². The van der Waals surface area contributed by atoms with E-state index in [-0.39, 0.29) is 5.28 Å². The van der Waals surface area contributed by atoms with Gasteiger partial charge < -0.3 is 5.32 Å². The third-order valence-corrected chi connectivity index (χ3v) is 4.69. The summed E-state index contributed by atoms with van der Waals surface area (Å²) in [6.07, 6.45) is 6.38. The van der Waals surface area contributed by atoms with E-state index in [4.69, 9.17) is 11.6 Å². The molecule has 2 aromatic heterocycles. The predicted octanol–water partition coefficient (Wildman–Crippen LogP) is 2.31. The van der Waals surface area contributed by atoms with Crippen molar-refractivity contribution in [2.45, 2.75) is 17.6 Å². The smallest absolute Gasteiger partial charge is 0.226 e. The van der Waals surface area contributed by atoms with Crippen molar-refractivity contribution in [2.75, 3.05) is 18.1 Å². The van der Waals surface area contributed by atoms with Gasteiger partial charge in [-0.25, -0.2) is 0 Å². The van der Waals surface area contributed by atoms with E-state index in [0.717, 1.165) is 17.7 Å². The Morgan fingerprint density at radius 1 is 1.53 bits per heavy atom. The van der Waals surface area contributed by atoms with Crippen molar-refractivity contribution >= 4 is 40.2 Å². The van der Waals surface area contributed by atoms with Crippen molar-refractivity contribution in [3.63, 3.8) is 0 Å². The number of hydrogen-bond donors (Lipinski definition) is 2. The van der Waals surface area contributed by atoms with Crippen LogP contribution in [-0.2, 0) is 0 Å². The molecule has 3 rings (SSSR count). The van der Waals surface area contributed by atoms with Crippen LogP contribution >= 0.6 is 23.4 Å². The normalized spacial score (nSPS) is 17.3. The average molecular weight is 270 g/mol. The van der Waals surface area contributed by atoms with E-state index in [1.54, 1.807) is 6.20 Å². The summed E-state index contributed by atoms with van der Waals surface area (Å²) < 4.78 is 0.382. The van der Waals surface area contributed by atoms with Gasteiger partial charge in [0, 0.05) is 11.3 Å². The molecule has 2 heterocycles. The highest BCUT2D eigenvalue weighted by Crippen LogP contribution is 2.47. The molecular formula is C10H12ClN5S. The van der Waals surface area contributed by atoms with Crippen LogP contribution in [0.1, 0.15) is 12.8 Å². The van der Waals surface area contributed by atoms with Crippen molar-refractivity contribution < 1.29 is 0 Å². The van der Waals surface area contributed by atoms with Gasteiger partial charge in [-0.2, -0.15) is 26.8 Å². The predicted molar refractivity (Wildman–Crippen MR) is 70.7 cm³/mol. The lowest BCUT2D eigenvalue weighted by Crippen LogP contribution is -2.18. The van der Waals surface area contributed by atoms with Gasteiger partial charge in [-0.1, -0.05) is 0 Å². The molecule has 1 aliphatic rings. The molecule has 17 heavy (non-hydrogen) atoms. The molecule has 0 saturated heterocycles. The molecule has 0 aliphatic heterocycles. The molecular weight excluding hydrogens is 258 g/mol. The molecule has 5 nitrogen and oxygen atoms in total. The monoisotopic (exact) mass is 269 g/mol. The van der Waals surface area contributed by atoms with Gasteiger partial charge in [-0.15, -0.1) is 0 Å². The van der Waals surface area contributed by atoms with Crippen LogP contribution in [0.25, 0.3) is 11.0 Å². The van der Waals surface area contributed by atoms with Gasteiger partial charge in [0.15, 0.2) is 5.65 Å². The molecule has 2 N–H and O–H groups in total. The Morgan fingerprint density at radius 3 is 3.06 bits per heavy atom. The topological polar surface area (TPSA) is 66.5 Å². The lowest BCUT2D eigenvalue weighted by molar-refractivity contribution is 0.941. The van der Waals surface area contributed by atoms with Crippen molar-refractivity contribution in [1.29, 1.82) is 0 Å². The van der Waals surface area contributed by atoms with Crippen LogP contribution in [0.3, 0.4) is 0 Å². The number of hydrogen-bond acceptors (Lipinski definition) is 5. The quantitative estimate of drug-likeness (QED) is 0.834. The Hall–Kier alpha value is -1.01. The Labute approximate surface area is 108 Å². The number of rotatable bonds is 4. The molecule has 0 unspecified atom stereocenters. The summed E-state index contributed by atoms with van der Waals surface area (Å²) in [5, 5.41) is 11.2. The molecule has 0 bridgehead atoms. The van der Waals surface area contributed by atoms with Crippen molar-refractivity contribution in [2.24, 2.45) is 0 Å². The molecule has 0 spiro atoms. The number of nitrogens with zero attached hydrogens (tertiary/aromatic N) is 3. The van der Waals surface area contributed by atoms with Crippen LogP contribution in [0.5, 0.6) is 0 Å². The fraction of sp³-hybridized carbons (Fsp3) is 0.500. The Kier molecular flexibility index (Phi) is 2.63. The van der Waals surface area contributed by atoms with Gasteiger partial charge in [0.25, 0.3) is 0 Å². The first kappa shape index (κ1) is 11.1. The summed E-state index contributed by atoms with van der Waals surface area (Å²) in [5.41, 5.74) is 0.668. The van der Waals surface area contributed by atoms with E-state index in [0.29, 0.717) is 10.4 Å². The van der Waals surface area contributed by atoms with Crippen LogP contribution < -0.4 is 5.32 Å². The van der Waals surface area contributed by atoms with E-state index in [1.807, 2.05) is 11.8 Å². The van der Waals surface area contributed by atoms with E-state index in [1.165, 1.54) is 12.8 Å². The highest BCUT2D eigenvalue weighted by molar-refractivity contribution is 8.00. The fourth-order valence-corrected chi connectivity index (χ4v) is 2.68. The van der Waals surface area contributed by atoms with Crippen LogP contribution in [0.15, 0.2) is 6.20 Å². The first-order chi connectivity index (χ1) is 8.22. The van der Waals surface area contributed by atoms with E-state index in [9.17, 15) is 0 Å². The maximum Gasteiger partial charge on any atom is 0.226 e. The minimum atomic E-state index is 0.234. The maximum absolute atomic E-state index is 5.87. The minimum Gasteiger partial charge on any atom is -0.368 e. The summed E-state index contributed by atoms with van der Waals surface area (Å²) in [6.45, 7) is 0.905. The minimum absolute atomic E-state index is 0.234. The van der Waals surface area contributed by atoms with Gasteiger partial charge in [0.05, 0.1) is 11.6 Å². The zero-order chi connectivity index (χ0) is 11.9. The first-order valence-corrected chi connectivity index (χ1v) is 6.98. The van der Waals surface area contributed by atoms with Crippen LogP contribution in [0, 0.1) is 0 Å². The van der Waals surface area contributed by atoms with E-state index >= 15 is 0 Å². The summed E-state index contributed by atoms with van der Waals surface area (Å²) in [5.74, 6) is 0.758. The molecule has 1 saturated carbocycles. The highest BCUT2D eigenvalue weighted by Gasteiger charge is 2.41. The number of nitrogens with one attached hydrogen (secondary N) is 2. The second kappa shape index (κ2) is 4.03. The summed E-state index contributed by atoms with van der Waals surface area (Å²) >= 11 is 7.77. The number of halogens is 1.